The molecule has 3 aromatic rings. The highest BCUT2D eigenvalue weighted by Crippen LogP contribution is 2.39. The first-order valence-electron chi connectivity index (χ1n) is 8.89. The fraction of sp³-hybridized carbons (Fsp3) is 0.190. The molecule has 0 fully saturated rings. The van der Waals surface area contributed by atoms with Crippen LogP contribution in [0.1, 0.15) is 27.6 Å². The summed E-state index contributed by atoms with van der Waals surface area (Å²) in [6.45, 7) is 0.471. The highest BCUT2D eigenvalue weighted by Gasteiger charge is 2.34. The van der Waals surface area contributed by atoms with Gasteiger partial charge in [-0.25, -0.2) is 4.79 Å². The molecule has 4 rings (SSSR count). The molecule has 0 saturated carbocycles. The van der Waals surface area contributed by atoms with Crippen LogP contribution in [0.3, 0.4) is 0 Å². The molecule has 1 unspecified atom stereocenters. The van der Waals surface area contributed by atoms with Crippen molar-refractivity contribution in [3.8, 4) is 0 Å². The van der Waals surface area contributed by atoms with Gasteiger partial charge in [0.1, 0.15) is 0 Å². The van der Waals surface area contributed by atoms with E-state index in [1.165, 1.54) is 12.1 Å². The van der Waals surface area contributed by atoms with Crippen molar-refractivity contribution in [2.75, 3.05) is 11.9 Å². The molecular formula is C21H16ClF3N2OS. The maximum atomic E-state index is 13.0. The van der Waals surface area contributed by atoms with Crippen LogP contribution in [0.25, 0.3) is 0 Å². The Hall–Kier alpha value is -2.51. The van der Waals surface area contributed by atoms with Crippen LogP contribution in [0.2, 0.25) is 5.02 Å². The lowest BCUT2D eigenvalue weighted by atomic mass is 9.93. The van der Waals surface area contributed by atoms with Gasteiger partial charge in [-0.1, -0.05) is 23.7 Å². The molecule has 0 aliphatic carbocycles. The zero-order valence-corrected chi connectivity index (χ0v) is 16.6. The Labute approximate surface area is 174 Å². The lowest BCUT2D eigenvalue weighted by molar-refractivity contribution is -0.137. The number of hydrogen-bond acceptors (Lipinski definition) is 2. The second kappa shape index (κ2) is 7.72. The molecule has 0 bridgehead atoms. The SMILES string of the molecule is O=C(Nc1ccc(Cl)cc1)N1CCc2sccc2C1c1ccc(C(F)(F)F)cc1. The molecule has 29 heavy (non-hydrogen) atoms. The Balaban J connectivity index is 1.66. The van der Waals surface area contributed by atoms with Crippen LogP contribution in [0.5, 0.6) is 0 Å². The van der Waals surface area contributed by atoms with Crippen molar-refractivity contribution in [1.82, 2.24) is 4.90 Å². The topological polar surface area (TPSA) is 32.3 Å². The van der Waals surface area contributed by atoms with Gasteiger partial charge in [-0.3, -0.25) is 0 Å². The number of halogens is 4. The van der Waals surface area contributed by atoms with Crippen LogP contribution in [0.15, 0.2) is 60.0 Å². The van der Waals surface area contributed by atoms with Gasteiger partial charge in [0, 0.05) is 22.1 Å². The molecule has 8 heteroatoms. The summed E-state index contributed by atoms with van der Waals surface area (Å²) >= 11 is 7.48. The number of anilines is 1. The number of urea groups is 1. The highest BCUT2D eigenvalue weighted by molar-refractivity contribution is 7.10. The lowest BCUT2D eigenvalue weighted by Gasteiger charge is -2.36. The molecule has 0 saturated heterocycles. The zero-order chi connectivity index (χ0) is 20.6. The molecule has 1 aliphatic heterocycles. The fourth-order valence-corrected chi connectivity index (χ4v) is 4.51. The van der Waals surface area contributed by atoms with E-state index >= 15 is 0 Å². The molecule has 3 nitrogen and oxygen atoms in total. The average Bonchev–Trinajstić information content (AvgIpc) is 3.17. The lowest BCUT2D eigenvalue weighted by Crippen LogP contribution is -2.42. The maximum Gasteiger partial charge on any atom is 0.416 e. The Morgan fingerprint density at radius 1 is 1.07 bits per heavy atom. The summed E-state index contributed by atoms with van der Waals surface area (Å²) in [5, 5.41) is 5.36. The third kappa shape index (κ3) is 4.11. The first kappa shape index (κ1) is 19.8. The minimum absolute atomic E-state index is 0.311. The Morgan fingerprint density at radius 3 is 2.41 bits per heavy atom. The normalized spacial score (nSPS) is 16.4. The summed E-state index contributed by atoms with van der Waals surface area (Å²) in [7, 11) is 0. The summed E-state index contributed by atoms with van der Waals surface area (Å²) in [6, 6.07) is 13.0. The first-order valence-corrected chi connectivity index (χ1v) is 10.2. The summed E-state index contributed by atoms with van der Waals surface area (Å²) in [5.41, 5.74) is 1.48. The van der Waals surface area contributed by atoms with Gasteiger partial charge in [-0.2, -0.15) is 13.2 Å². The fourth-order valence-electron chi connectivity index (χ4n) is 3.48. The molecule has 1 aliphatic rings. The van der Waals surface area contributed by atoms with Crippen molar-refractivity contribution in [3.63, 3.8) is 0 Å². The summed E-state index contributed by atoms with van der Waals surface area (Å²) in [5.74, 6) is 0. The minimum atomic E-state index is -4.40. The number of benzene rings is 2. The van der Waals surface area contributed by atoms with Gasteiger partial charge in [0.05, 0.1) is 11.6 Å². The second-order valence-corrected chi connectivity index (χ2v) is 8.14. The van der Waals surface area contributed by atoms with E-state index in [-0.39, 0.29) is 6.03 Å². The molecule has 1 atom stereocenters. The number of fused-ring (bicyclic) bond motifs is 1. The number of nitrogens with one attached hydrogen (secondary N) is 1. The van der Waals surface area contributed by atoms with Crippen molar-refractivity contribution < 1.29 is 18.0 Å². The van der Waals surface area contributed by atoms with E-state index in [0.29, 0.717) is 29.2 Å². The number of amides is 2. The van der Waals surface area contributed by atoms with Gasteiger partial charge in [0.15, 0.2) is 0 Å². The molecule has 1 aromatic heterocycles. The van der Waals surface area contributed by atoms with E-state index in [4.69, 9.17) is 11.6 Å². The largest absolute Gasteiger partial charge is 0.416 e. The molecule has 1 N–H and O–H groups in total. The molecule has 0 radical (unpaired) electrons. The van der Waals surface area contributed by atoms with Crippen LogP contribution in [-0.4, -0.2) is 17.5 Å². The quantitative estimate of drug-likeness (QED) is 0.482. The third-order valence-corrected chi connectivity index (χ3v) is 6.12. The molecule has 150 valence electrons. The summed E-state index contributed by atoms with van der Waals surface area (Å²) in [4.78, 5) is 15.8. The molecule has 2 aromatic carbocycles. The third-order valence-electron chi connectivity index (χ3n) is 4.88. The smallest absolute Gasteiger partial charge is 0.313 e. The average molecular weight is 437 g/mol. The van der Waals surface area contributed by atoms with E-state index in [0.717, 1.165) is 22.6 Å². The number of alkyl halides is 3. The van der Waals surface area contributed by atoms with Gasteiger partial charge in [-0.05, 0) is 65.4 Å². The van der Waals surface area contributed by atoms with Gasteiger partial charge in [0.25, 0.3) is 0 Å². The summed E-state index contributed by atoms with van der Waals surface area (Å²) < 4.78 is 38.8. The predicted octanol–water partition coefficient (Wildman–Crippen LogP) is 6.60. The van der Waals surface area contributed by atoms with E-state index in [1.54, 1.807) is 40.5 Å². The van der Waals surface area contributed by atoms with Crippen LogP contribution < -0.4 is 5.32 Å². The van der Waals surface area contributed by atoms with Gasteiger partial charge in [-0.15, -0.1) is 11.3 Å². The van der Waals surface area contributed by atoms with E-state index in [1.807, 2.05) is 11.4 Å². The molecule has 2 heterocycles. The monoisotopic (exact) mass is 436 g/mol. The molecular weight excluding hydrogens is 421 g/mol. The number of carbonyl (C=O) groups excluding carboxylic acids is 1. The first-order chi connectivity index (χ1) is 13.8. The van der Waals surface area contributed by atoms with Gasteiger partial charge >= 0.3 is 12.2 Å². The number of hydrogen-bond donors (Lipinski definition) is 1. The van der Waals surface area contributed by atoms with Crippen LogP contribution >= 0.6 is 22.9 Å². The Kier molecular flexibility index (Phi) is 5.27. The number of nitrogens with zero attached hydrogens (tertiary/aromatic N) is 1. The maximum absolute atomic E-state index is 13.0. The zero-order valence-electron chi connectivity index (χ0n) is 15.0. The minimum Gasteiger partial charge on any atom is -0.313 e. The highest BCUT2D eigenvalue weighted by atomic mass is 35.5. The standard InChI is InChI=1S/C21H16ClF3N2OS/c22-15-5-7-16(8-6-15)26-20(28)27-11-9-18-17(10-12-29-18)19(27)13-1-3-14(4-2-13)21(23,24)25/h1-8,10,12,19H,9,11H2,(H,26,28). The van der Waals surface area contributed by atoms with E-state index in [2.05, 4.69) is 5.32 Å². The van der Waals surface area contributed by atoms with Crippen molar-refractivity contribution in [2.24, 2.45) is 0 Å². The predicted molar refractivity (Wildman–Crippen MR) is 108 cm³/mol. The van der Waals surface area contributed by atoms with Crippen LogP contribution in [0.4, 0.5) is 23.7 Å². The molecule has 2 amide bonds. The van der Waals surface area contributed by atoms with Crippen molar-refractivity contribution >= 4 is 34.7 Å². The van der Waals surface area contributed by atoms with Crippen LogP contribution in [0, 0.1) is 0 Å². The van der Waals surface area contributed by atoms with Gasteiger partial charge < -0.3 is 10.2 Å². The Bertz CT molecular complexity index is 1020. The van der Waals surface area contributed by atoms with E-state index < -0.39 is 17.8 Å². The van der Waals surface area contributed by atoms with Crippen LogP contribution in [-0.2, 0) is 12.6 Å². The van der Waals surface area contributed by atoms with Crippen molar-refractivity contribution in [2.45, 2.75) is 18.6 Å². The second-order valence-electron chi connectivity index (χ2n) is 6.70. The number of rotatable bonds is 2. The number of carbonyl (C=O) groups is 1. The van der Waals surface area contributed by atoms with Crippen molar-refractivity contribution in [3.05, 3.63) is 86.6 Å². The van der Waals surface area contributed by atoms with Crippen molar-refractivity contribution in [1.29, 1.82) is 0 Å². The Morgan fingerprint density at radius 2 is 1.76 bits per heavy atom. The molecule has 0 spiro atoms. The number of thiophene rings is 1. The van der Waals surface area contributed by atoms with E-state index in [9.17, 15) is 18.0 Å². The van der Waals surface area contributed by atoms with Gasteiger partial charge in [0.2, 0.25) is 0 Å². The summed E-state index contributed by atoms with van der Waals surface area (Å²) in [6.07, 6.45) is -3.69.